The highest BCUT2D eigenvalue weighted by Gasteiger charge is 2.16. The van der Waals surface area contributed by atoms with Gasteiger partial charge in [0.05, 0.1) is 25.4 Å². The first-order valence-electron chi connectivity index (χ1n) is 7.92. The number of rotatable bonds is 6. The third-order valence-electron chi connectivity index (χ3n) is 3.90. The molecule has 0 unspecified atom stereocenters. The summed E-state index contributed by atoms with van der Waals surface area (Å²) in [6.07, 6.45) is 1.18. The van der Waals surface area contributed by atoms with Gasteiger partial charge in [0, 0.05) is 11.9 Å². The maximum Gasteiger partial charge on any atom is 0.329 e. The molecule has 9 nitrogen and oxygen atoms in total. The summed E-state index contributed by atoms with van der Waals surface area (Å²) in [5.74, 6) is 0.578. The Labute approximate surface area is 154 Å². The minimum Gasteiger partial charge on any atom is -0.493 e. The van der Waals surface area contributed by atoms with E-state index in [1.54, 1.807) is 36.4 Å². The second-order valence-electron chi connectivity index (χ2n) is 5.82. The molecule has 0 saturated heterocycles. The number of aromatic nitrogens is 2. The van der Waals surface area contributed by atoms with E-state index in [1.165, 1.54) is 17.7 Å². The third kappa shape index (κ3) is 4.17. The van der Waals surface area contributed by atoms with Crippen LogP contribution in [0.15, 0.2) is 47.4 Å². The van der Waals surface area contributed by atoms with Crippen molar-refractivity contribution in [1.29, 1.82) is 0 Å². The topological polar surface area (TPSA) is 133 Å². The van der Waals surface area contributed by atoms with Gasteiger partial charge in [0.2, 0.25) is 0 Å². The van der Waals surface area contributed by atoms with Crippen molar-refractivity contribution in [2.24, 2.45) is 0 Å². The fourth-order valence-electron chi connectivity index (χ4n) is 2.65. The number of anilines is 2. The first kappa shape index (κ1) is 19.1. The van der Waals surface area contributed by atoms with Crippen LogP contribution in [-0.4, -0.2) is 31.4 Å². The van der Waals surface area contributed by atoms with E-state index in [2.05, 4.69) is 10.3 Å². The standard InChI is InChI=1S/C17H18N3O6P/c1-26-14-3-2-8-20-16(14)19-15(13(9-21)17(20)22)18-12-6-4-11(5-7-12)10-27(23,24)25/h2-8,18,21H,9-10H2,1H3,(H2,23,24,25). The average Bonchev–Trinajstić information content (AvgIpc) is 2.62. The Morgan fingerprint density at radius 1 is 1.22 bits per heavy atom. The molecule has 10 heteroatoms. The van der Waals surface area contributed by atoms with E-state index in [9.17, 15) is 14.5 Å². The van der Waals surface area contributed by atoms with E-state index in [0.29, 0.717) is 22.6 Å². The van der Waals surface area contributed by atoms with Crippen LogP contribution in [0.4, 0.5) is 11.5 Å². The number of benzene rings is 1. The van der Waals surface area contributed by atoms with E-state index in [4.69, 9.17) is 14.5 Å². The molecular formula is C17H18N3O6P. The molecule has 0 aliphatic carbocycles. The Balaban J connectivity index is 2.01. The molecule has 0 saturated carbocycles. The molecule has 0 amide bonds. The summed E-state index contributed by atoms with van der Waals surface area (Å²) in [7, 11) is -2.68. The molecule has 0 fully saturated rings. The van der Waals surface area contributed by atoms with Gasteiger partial charge in [-0.15, -0.1) is 0 Å². The summed E-state index contributed by atoms with van der Waals surface area (Å²) < 4.78 is 17.6. The normalized spacial score (nSPS) is 11.6. The summed E-state index contributed by atoms with van der Waals surface area (Å²) in [6.45, 7) is -0.509. The molecule has 0 aliphatic rings. The highest BCUT2D eigenvalue weighted by atomic mass is 31.2. The van der Waals surface area contributed by atoms with Gasteiger partial charge in [-0.1, -0.05) is 12.1 Å². The van der Waals surface area contributed by atoms with Crippen LogP contribution in [0.5, 0.6) is 5.75 Å². The molecule has 0 spiro atoms. The minimum atomic E-state index is -4.15. The number of hydrogen-bond acceptors (Lipinski definition) is 6. The van der Waals surface area contributed by atoms with Gasteiger partial charge in [-0.2, -0.15) is 0 Å². The van der Waals surface area contributed by atoms with Crippen molar-refractivity contribution < 1.29 is 24.2 Å². The molecule has 3 rings (SSSR count). The van der Waals surface area contributed by atoms with Crippen molar-refractivity contribution >= 4 is 24.7 Å². The van der Waals surface area contributed by atoms with E-state index in [1.807, 2.05) is 0 Å². The fraction of sp³-hybridized carbons (Fsp3) is 0.176. The zero-order chi connectivity index (χ0) is 19.6. The maximum absolute atomic E-state index is 12.6. The van der Waals surface area contributed by atoms with E-state index in [-0.39, 0.29) is 17.5 Å². The Kier molecular flexibility index (Phi) is 5.29. The zero-order valence-electron chi connectivity index (χ0n) is 14.4. The largest absolute Gasteiger partial charge is 0.493 e. The quantitative estimate of drug-likeness (QED) is 0.466. The number of hydrogen-bond donors (Lipinski definition) is 4. The molecule has 3 aromatic rings. The summed E-state index contributed by atoms with van der Waals surface area (Å²) >= 11 is 0. The fourth-order valence-corrected chi connectivity index (χ4v) is 3.33. The van der Waals surface area contributed by atoms with Crippen LogP contribution in [0.2, 0.25) is 0 Å². The molecule has 4 N–H and O–H groups in total. The van der Waals surface area contributed by atoms with Crippen molar-refractivity contribution in [2.45, 2.75) is 12.8 Å². The van der Waals surface area contributed by atoms with Crippen molar-refractivity contribution in [2.75, 3.05) is 12.4 Å². The van der Waals surface area contributed by atoms with Crippen LogP contribution in [0.3, 0.4) is 0 Å². The highest BCUT2D eigenvalue weighted by molar-refractivity contribution is 7.50. The monoisotopic (exact) mass is 391 g/mol. The predicted octanol–water partition coefficient (Wildman–Crippen LogP) is 1.62. The lowest BCUT2D eigenvalue weighted by molar-refractivity contribution is 0.280. The van der Waals surface area contributed by atoms with Crippen molar-refractivity contribution in [3.63, 3.8) is 0 Å². The Morgan fingerprint density at radius 2 is 1.93 bits per heavy atom. The molecule has 1 aromatic carbocycles. The number of fused-ring (bicyclic) bond motifs is 1. The number of nitrogens with zero attached hydrogens (tertiary/aromatic N) is 2. The number of nitrogens with one attached hydrogen (secondary N) is 1. The van der Waals surface area contributed by atoms with Crippen molar-refractivity contribution in [3.8, 4) is 5.75 Å². The first-order valence-corrected chi connectivity index (χ1v) is 9.72. The van der Waals surface area contributed by atoms with Crippen LogP contribution < -0.4 is 15.6 Å². The lowest BCUT2D eigenvalue weighted by Crippen LogP contribution is -2.22. The summed E-state index contributed by atoms with van der Waals surface area (Å²) in [6, 6.07) is 9.66. The summed E-state index contributed by atoms with van der Waals surface area (Å²) in [5, 5.41) is 12.6. The van der Waals surface area contributed by atoms with Gasteiger partial charge in [0.15, 0.2) is 11.4 Å². The van der Waals surface area contributed by atoms with E-state index in [0.717, 1.165) is 0 Å². The summed E-state index contributed by atoms with van der Waals surface area (Å²) in [5.41, 5.74) is 0.972. The number of ether oxygens (including phenoxy) is 1. The molecule has 2 aromatic heterocycles. The van der Waals surface area contributed by atoms with Gasteiger partial charge in [-0.25, -0.2) is 4.98 Å². The van der Waals surface area contributed by atoms with Gasteiger partial charge in [0.1, 0.15) is 5.82 Å². The van der Waals surface area contributed by atoms with Crippen LogP contribution >= 0.6 is 7.60 Å². The number of aliphatic hydroxyl groups excluding tert-OH is 1. The second-order valence-corrected chi connectivity index (χ2v) is 7.46. The molecular weight excluding hydrogens is 373 g/mol. The molecule has 0 atom stereocenters. The Hall–Kier alpha value is -2.71. The van der Waals surface area contributed by atoms with Crippen LogP contribution in [0.25, 0.3) is 5.65 Å². The first-order chi connectivity index (χ1) is 12.8. The number of pyridine rings is 1. The lowest BCUT2D eigenvalue weighted by Gasteiger charge is -2.13. The van der Waals surface area contributed by atoms with Gasteiger partial charge in [-0.3, -0.25) is 13.8 Å². The second kappa shape index (κ2) is 7.50. The van der Waals surface area contributed by atoms with Gasteiger partial charge < -0.3 is 24.9 Å². The summed E-state index contributed by atoms with van der Waals surface area (Å²) in [4.78, 5) is 35.1. The molecule has 0 aliphatic heterocycles. The van der Waals surface area contributed by atoms with Crippen molar-refractivity contribution in [1.82, 2.24) is 9.38 Å². The van der Waals surface area contributed by atoms with Gasteiger partial charge >= 0.3 is 7.60 Å². The maximum atomic E-state index is 12.6. The average molecular weight is 391 g/mol. The predicted molar refractivity (Wildman–Crippen MR) is 99.4 cm³/mol. The van der Waals surface area contributed by atoms with Gasteiger partial charge in [-0.05, 0) is 29.8 Å². The third-order valence-corrected chi connectivity index (χ3v) is 4.67. The highest BCUT2D eigenvalue weighted by Crippen LogP contribution is 2.39. The zero-order valence-corrected chi connectivity index (χ0v) is 15.3. The minimum absolute atomic E-state index is 0.0834. The molecule has 27 heavy (non-hydrogen) atoms. The van der Waals surface area contributed by atoms with Crippen LogP contribution in [0.1, 0.15) is 11.1 Å². The number of aliphatic hydroxyl groups is 1. The van der Waals surface area contributed by atoms with E-state index < -0.39 is 19.8 Å². The van der Waals surface area contributed by atoms with Crippen molar-refractivity contribution in [3.05, 3.63) is 64.1 Å². The molecule has 0 radical (unpaired) electrons. The smallest absolute Gasteiger partial charge is 0.329 e. The SMILES string of the molecule is COc1cccn2c(=O)c(CO)c(Nc3ccc(CP(=O)(O)O)cc3)nc12. The van der Waals surface area contributed by atoms with Crippen LogP contribution in [0, 0.1) is 0 Å². The molecule has 0 bridgehead atoms. The number of methoxy groups -OCH3 is 1. The molecule has 142 valence electrons. The van der Waals surface area contributed by atoms with Crippen LogP contribution in [-0.2, 0) is 17.3 Å². The molecule has 2 heterocycles. The Morgan fingerprint density at radius 3 is 2.52 bits per heavy atom. The Bertz CT molecular complexity index is 1070. The van der Waals surface area contributed by atoms with Gasteiger partial charge in [0.25, 0.3) is 5.56 Å². The lowest BCUT2D eigenvalue weighted by atomic mass is 10.2. The van der Waals surface area contributed by atoms with E-state index >= 15 is 0 Å².